The van der Waals surface area contributed by atoms with Crippen molar-refractivity contribution in [2.24, 2.45) is 0 Å². The number of benzene rings is 1. The molecule has 1 aromatic carbocycles. The van der Waals surface area contributed by atoms with Gasteiger partial charge >= 0.3 is 0 Å². The largest absolute Gasteiger partial charge is 0.388 e. The zero-order valence-electron chi connectivity index (χ0n) is 14.6. The predicted molar refractivity (Wildman–Crippen MR) is 93.7 cm³/mol. The number of nitrogens with zero attached hydrogens (tertiary/aromatic N) is 4. The highest BCUT2D eigenvalue weighted by atomic mass is 16.3. The summed E-state index contributed by atoms with van der Waals surface area (Å²) in [7, 11) is 1.72. The standard InChI is InChI=1S/C19H24N4O2/c1-22(13-19(25)11-5-6-12-19)18(24)16-20-17(14-9-10-14)23(21-16)15-7-3-2-4-8-15/h2-4,7-8,14,25H,5-6,9-13H2,1H3. The van der Waals surface area contributed by atoms with Crippen LogP contribution in [0.25, 0.3) is 5.69 Å². The Morgan fingerprint density at radius 3 is 2.60 bits per heavy atom. The number of aromatic nitrogens is 3. The molecule has 4 rings (SSSR count). The summed E-state index contributed by atoms with van der Waals surface area (Å²) in [5.74, 6) is 1.24. The van der Waals surface area contributed by atoms with Crippen LogP contribution >= 0.6 is 0 Å². The summed E-state index contributed by atoms with van der Waals surface area (Å²) in [6, 6.07) is 9.81. The van der Waals surface area contributed by atoms with Gasteiger partial charge in [0.25, 0.3) is 5.91 Å². The zero-order chi connectivity index (χ0) is 17.4. The number of hydrogen-bond donors (Lipinski definition) is 1. The molecule has 0 radical (unpaired) electrons. The van der Waals surface area contributed by atoms with E-state index < -0.39 is 5.60 Å². The van der Waals surface area contributed by atoms with E-state index in [1.54, 1.807) is 16.6 Å². The summed E-state index contributed by atoms with van der Waals surface area (Å²) in [5, 5.41) is 15.0. The van der Waals surface area contributed by atoms with Crippen molar-refractivity contribution in [2.45, 2.75) is 50.0 Å². The second-order valence-corrected chi connectivity index (χ2v) is 7.41. The maximum Gasteiger partial charge on any atom is 0.293 e. The quantitative estimate of drug-likeness (QED) is 0.908. The van der Waals surface area contributed by atoms with Gasteiger partial charge in [0.15, 0.2) is 0 Å². The Labute approximate surface area is 147 Å². The molecule has 2 aliphatic carbocycles. The van der Waals surface area contributed by atoms with Crippen LogP contribution in [0.2, 0.25) is 0 Å². The topological polar surface area (TPSA) is 71.2 Å². The molecule has 0 spiro atoms. The number of carbonyl (C=O) groups is 1. The van der Waals surface area contributed by atoms with Crippen LogP contribution in [0.3, 0.4) is 0 Å². The summed E-state index contributed by atoms with van der Waals surface area (Å²) in [6.45, 7) is 0.338. The zero-order valence-corrected chi connectivity index (χ0v) is 14.6. The molecule has 2 fully saturated rings. The molecule has 25 heavy (non-hydrogen) atoms. The second kappa shape index (κ2) is 6.26. The number of amides is 1. The van der Waals surface area contributed by atoms with Crippen LogP contribution in [0.15, 0.2) is 30.3 Å². The Morgan fingerprint density at radius 2 is 1.96 bits per heavy atom. The number of rotatable bonds is 5. The van der Waals surface area contributed by atoms with Gasteiger partial charge in [-0.05, 0) is 37.8 Å². The molecule has 1 amide bonds. The van der Waals surface area contributed by atoms with E-state index in [0.717, 1.165) is 50.0 Å². The fraction of sp³-hybridized carbons (Fsp3) is 0.526. The average molecular weight is 340 g/mol. The Balaban J connectivity index is 1.58. The molecule has 2 aliphatic rings. The molecule has 1 heterocycles. The number of hydrogen-bond acceptors (Lipinski definition) is 4. The van der Waals surface area contributed by atoms with E-state index in [2.05, 4.69) is 10.1 Å². The molecule has 2 aromatic rings. The molecule has 0 atom stereocenters. The van der Waals surface area contributed by atoms with Gasteiger partial charge in [-0.1, -0.05) is 31.0 Å². The minimum Gasteiger partial charge on any atom is -0.388 e. The van der Waals surface area contributed by atoms with Gasteiger partial charge in [0.2, 0.25) is 5.82 Å². The summed E-state index contributed by atoms with van der Waals surface area (Å²) < 4.78 is 1.79. The first-order chi connectivity index (χ1) is 12.1. The molecule has 1 N–H and O–H groups in total. The van der Waals surface area contributed by atoms with E-state index in [9.17, 15) is 9.90 Å². The van der Waals surface area contributed by atoms with E-state index in [-0.39, 0.29) is 11.7 Å². The van der Waals surface area contributed by atoms with Crippen molar-refractivity contribution in [1.29, 1.82) is 0 Å². The summed E-state index contributed by atoms with van der Waals surface area (Å²) in [5.41, 5.74) is 0.166. The van der Waals surface area contributed by atoms with Crippen LogP contribution in [0, 0.1) is 0 Å². The fourth-order valence-corrected chi connectivity index (χ4v) is 3.65. The van der Waals surface area contributed by atoms with Gasteiger partial charge in [-0.3, -0.25) is 4.79 Å². The Hall–Kier alpha value is -2.21. The van der Waals surface area contributed by atoms with Crippen LogP contribution in [-0.4, -0.2) is 49.9 Å². The SMILES string of the molecule is CN(CC1(O)CCCC1)C(=O)c1nc(C2CC2)n(-c2ccccc2)n1. The summed E-state index contributed by atoms with van der Waals surface area (Å²) >= 11 is 0. The Kier molecular flexibility index (Phi) is 4.07. The second-order valence-electron chi connectivity index (χ2n) is 7.41. The highest BCUT2D eigenvalue weighted by Gasteiger charge is 2.36. The Morgan fingerprint density at radius 1 is 1.28 bits per heavy atom. The third-order valence-electron chi connectivity index (χ3n) is 5.18. The van der Waals surface area contributed by atoms with Crippen molar-refractivity contribution >= 4 is 5.91 Å². The molecular weight excluding hydrogens is 316 g/mol. The smallest absolute Gasteiger partial charge is 0.293 e. The van der Waals surface area contributed by atoms with Crippen molar-refractivity contribution in [3.05, 3.63) is 42.0 Å². The molecule has 0 bridgehead atoms. The maximum atomic E-state index is 12.8. The molecule has 6 nitrogen and oxygen atoms in total. The third kappa shape index (κ3) is 3.31. The van der Waals surface area contributed by atoms with E-state index >= 15 is 0 Å². The van der Waals surface area contributed by atoms with Crippen molar-refractivity contribution in [2.75, 3.05) is 13.6 Å². The highest BCUT2D eigenvalue weighted by molar-refractivity contribution is 5.90. The third-order valence-corrected chi connectivity index (χ3v) is 5.18. The number of likely N-dealkylation sites (N-methyl/N-ethyl adjacent to an activating group) is 1. The van der Waals surface area contributed by atoms with Gasteiger partial charge < -0.3 is 10.0 Å². The van der Waals surface area contributed by atoms with Crippen LogP contribution in [0.4, 0.5) is 0 Å². The van der Waals surface area contributed by atoms with Gasteiger partial charge in [0.1, 0.15) is 5.82 Å². The van der Waals surface area contributed by atoms with E-state index in [4.69, 9.17) is 0 Å². The number of carbonyl (C=O) groups excluding carboxylic acids is 1. The molecule has 1 aromatic heterocycles. The lowest BCUT2D eigenvalue weighted by molar-refractivity contribution is 0.0152. The van der Waals surface area contributed by atoms with Crippen LogP contribution in [-0.2, 0) is 0 Å². The lowest BCUT2D eigenvalue weighted by atomic mass is 10.0. The molecular formula is C19H24N4O2. The molecule has 132 valence electrons. The molecule has 0 aliphatic heterocycles. The first kappa shape index (κ1) is 16.3. The number of aliphatic hydroxyl groups is 1. The van der Waals surface area contributed by atoms with Crippen molar-refractivity contribution in [1.82, 2.24) is 19.7 Å². The molecule has 0 unspecified atom stereocenters. The van der Waals surface area contributed by atoms with Gasteiger partial charge in [0.05, 0.1) is 11.3 Å². The lowest BCUT2D eigenvalue weighted by Gasteiger charge is -2.27. The van der Waals surface area contributed by atoms with E-state index in [0.29, 0.717) is 12.5 Å². The van der Waals surface area contributed by atoms with E-state index in [1.165, 1.54) is 0 Å². The predicted octanol–water partition coefficient (Wildman–Crippen LogP) is 2.52. The van der Waals surface area contributed by atoms with Gasteiger partial charge in [-0.15, -0.1) is 5.10 Å². The minimum absolute atomic E-state index is 0.217. The van der Waals surface area contributed by atoms with Crippen molar-refractivity contribution < 1.29 is 9.90 Å². The van der Waals surface area contributed by atoms with Crippen LogP contribution < -0.4 is 0 Å². The van der Waals surface area contributed by atoms with Crippen LogP contribution in [0.1, 0.15) is 60.9 Å². The minimum atomic E-state index is -0.758. The molecule has 2 saturated carbocycles. The first-order valence-electron chi connectivity index (χ1n) is 9.06. The van der Waals surface area contributed by atoms with Gasteiger partial charge in [-0.25, -0.2) is 9.67 Å². The Bertz CT molecular complexity index is 761. The lowest BCUT2D eigenvalue weighted by Crippen LogP contribution is -2.42. The first-order valence-corrected chi connectivity index (χ1v) is 9.06. The molecule has 6 heteroatoms. The molecule has 0 saturated heterocycles. The number of para-hydroxylation sites is 1. The van der Waals surface area contributed by atoms with Gasteiger partial charge in [-0.2, -0.15) is 0 Å². The van der Waals surface area contributed by atoms with Gasteiger partial charge in [0, 0.05) is 19.5 Å². The summed E-state index contributed by atoms with van der Waals surface area (Å²) in [4.78, 5) is 18.9. The normalized spacial score (nSPS) is 19.1. The summed E-state index contributed by atoms with van der Waals surface area (Å²) in [6.07, 6.45) is 5.73. The van der Waals surface area contributed by atoms with E-state index in [1.807, 2.05) is 30.3 Å². The average Bonchev–Trinajstić information content (AvgIpc) is 3.22. The monoisotopic (exact) mass is 340 g/mol. The highest BCUT2D eigenvalue weighted by Crippen LogP contribution is 2.39. The van der Waals surface area contributed by atoms with Crippen molar-refractivity contribution in [3.8, 4) is 5.69 Å². The van der Waals surface area contributed by atoms with Crippen molar-refractivity contribution in [3.63, 3.8) is 0 Å². The fourth-order valence-electron chi connectivity index (χ4n) is 3.65. The van der Waals surface area contributed by atoms with Crippen LogP contribution in [0.5, 0.6) is 0 Å². The maximum absolute atomic E-state index is 12.8.